The molecule has 0 radical (unpaired) electrons. The van der Waals surface area contributed by atoms with Crippen LogP contribution in [-0.4, -0.2) is 54.0 Å². The Hall–Kier alpha value is -2.93. The van der Waals surface area contributed by atoms with Crippen molar-refractivity contribution in [1.82, 2.24) is 4.57 Å². The Balaban J connectivity index is 1.92. The van der Waals surface area contributed by atoms with Crippen LogP contribution in [0.1, 0.15) is 18.5 Å². The Morgan fingerprint density at radius 2 is 1.91 bits per heavy atom. The van der Waals surface area contributed by atoms with E-state index in [9.17, 15) is 23.1 Å². The first kappa shape index (κ1) is 24.2. The van der Waals surface area contributed by atoms with Crippen LogP contribution in [-0.2, 0) is 14.3 Å². The van der Waals surface area contributed by atoms with Crippen LogP contribution in [0.4, 0.5) is 18.9 Å². The van der Waals surface area contributed by atoms with Crippen LogP contribution in [0.5, 0.6) is 5.75 Å². The molecule has 12 heteroatoms. The lowest BCUT2D eigenvalue weighted by Gasteiger charge is -2.46. The maximum atomic E-state index is 12.8. The molecule has 0 fully saturated rings. The van der Waals surface area contributed by atoms with Gasteiger partial charge in [0.2, 0.25) is 0 Å². The number of nitrogens with zero attached hydrogens (tertiary/aromatic N) is 1. The minimum absolute atomic E-state index is 0.0246. The fraction of sp³-hybridized carbons (Fsp3) is 0.364. The standard InChI is InChI=1S/C22H21F3N2O6S/c1-21(19(30-2)31-3)17(28)16(27-13-6-4-5-7-15(13)32-20(27)34)12-10-11(8-9-14(12)33-21)26-18(29)22(23,24)25/h4-10,16-17,19,28H,1-3H3,(H,26,29)/t16-,17+,21+/m0/s1. The summed E-state index contributed by atoms with van der Waals surface area (Å²) in [6.45, 7) is 1.58. The summed E-state index contributed by atoms with van der Waals surface area (Å²) in [4.78, 5) is 11.5. The number of rotatable bonds is 5. The van der Waals surface area contributed by atoms with Crippen LogP contribution in [0.15, 0.2) is 46.9 Å². The van der Waals surface area contributed by atoms with Gasteiger partial charge in [0, 0.05) is 25.5 Å². The van der Waals surface area contributed by atoms with Crippen molar-refractivity contribution >= 4 is 34.9 Å². The van der Waals surface area contributed by atoms with Crippen LogP contribution in [0.2, 0.25) is 0 Å². The second-order valence-corrected chi connectivity index (χ2v) is 8.24. The second kappa shape index (κ2) is 8.69. The highest BCUT2D eigenvalue weighted by molar-refractivity contribution is 7.71. The number of oxazole rings is 1. The molecule has 2 aromatic carbocycles. The number of para-hydroxylation sites is 2. The summed E-state index contributed by atoms with van der Waals surface area (Å²) in [7, 11) is 2.77. The molecule has 34 heavy (non-hydrogen) atoms. The molecule has 3 atom stereocenters. The summed E-state index contributed by atoms with van der Waals surface area (Å²) >= 11 is 5.43. The Morgan fingerprint density at radius 1 is 1.24 bits per heavy atom. The number of hydrogen-bond acceptors (Lipinski definition) is 7. The van der Waals surface area contributed by atoms with Gasteiger partial charge in [-0.2, -0.15) is 13.2 Å². The molecule has 182 valence electrons. The largest absolute Gasteiger partial charge is 0.479 e. The Morgan fingerprint density at radius 3 is 2.56 bits per heavy atom. The third kappa shape index (κ3) is 3.96. The maximum absolute atomic E-state index is 12.8. The Kier molecular flexibility index (Phi) is 6.19. The molecule has 0 unspecified atom stereocenters. The van der Waals surface area contributed by atoms with Gasteiger partial charge in [-0.3, -0.25) is 9.36 Å². The fourth-order valence-electron chi connectivity index (χ4n) is 4.21. The lowest BCUT2D eigenvalue weighted by atomic mass is 9.84. The number of aliphatic hydroxyl groups is 1. The van der Waals surface area contributed by atoms with E-state index in [1.807, 2.05) is 5.32 Å². The molecule has 0 spiro atoms. The number of amides is 1. The molecule has 3 aromatic rings. The van der Waals surface area contributed by atoms with Gasteiger partial charge >= 0.3 is 12.1 Å². The number of fused-ring (bicyclic) bond motifs is 2. The van der Waals surface area contributed by atoms with Crippen molar-refractivity contribution < 1.29 is 41.7 Å². The maximum Gasteiger partial charge on any atom is 0.471 e. The number of carbonyl (C=O) groups is 1. The summed E-state index contributed by atoms with van der Waals surface area (Å²) in [6, 6.07) is 9.90. The zero-order chi connectivity index (χ0) is 24.8. The minimum Gasteiger partial charge on any atom is -0.479 e. The van der Waals surface area contributed by atoms with E-state index in [0.717, 1.165) is 0 Å². The van der Waals surface area contributed by atoms with Crippen molar-refractivity contribution in [2.45, 2.75) is 37.1 Å². The van der Waals surface area contributed by atoms with Crippen molar-refractivity contribution in [1.29, 1.82) is 0 Å². The predicted molar refractivity (Wildman–Crippen MR) is 117 cm³/mol. The molecule has 0 bridgehead atoms. The number of halogens is 3. The van der Waals surface area contributed by atoms with Crippen LogP contribution in [0, 0.1) is 4.84 Å². The quantitative estimate of drug-likeness (QED) is 0.403. The molecule has 2 heterocycles. The lowest BCUT2D eigenvalue weighted by molar-refractivity contribution is -0.238. The lowest BCUT2D eigenvalue weighted by Crippen LogP contribution is -2.60. The number of benzene rings is 2. The minimum atomic E-state index is -5.07. The van der Waals surface area contributed by atoms with Gasteiger partial charge in [0.25, 0.3) is 4.84 Å². The van der Waals surface area contributed by atoms with E-state index < -0.39 is 36.1 Å². The summed E-state index contributed by atoms with van der Waals surface area (Å²) < 4.78 is 62.4. The number of aromatic nitrogens is 1. The van der Waals surface area contributed by atoms with Gasteiger partial charge in [0.15, 0.2) is 17.5 Å². The molecule has 4 rings (SSSR count). The highest BCUT2D eigenvalue weighted by atomic mass is 32.1. The first-order chi connectivity index (χ1) is 16.0. The zero-order valence-electron chi connectivity index (χ0n) is 18.3. The number of alkyl halides is 3. The number of carbonyl (C=O) groups excluding carboxylic acids is 1. The highest BCUT2D eigenvalue weighted by Crippen LogP contribution is 2.46. The molecule has 0 aliphatic carbocycles. The van der Waals surface area contributed by atoms with Gasteiger partial charge < -0.3 is 29.1 Å². The molecular formula is C22H21F3N2O6S. The van der Waals surface area contributed by atoms with E-state index in [1.54, 1.807) is 35.8 Å². The normalized spacial score (nSPS) is 22.5. The number of nitrogens with one attached hydrogen (secondary N) is 1. The van der Waals surface area contributed by atoms with Crippen molar-refractivity contribution in [3.8, 4) is 5.75 Å². The van der Waals surface area contributed by atoms with Gasteiger partial charge in [-0.15, -0.1) is 0 Å². The molecule has 8 nitrogen and oxygen atoms in total. The van der Waals surface area contributed by atoms with Gasteiger partial charge in [0.05, 0.1) is 11.6 Å². The van der Waals surface area contributed by atoms with Crippen molar-refractivity contribution in [3.05, 3.63) is 52.9 Å². The van der Waals surface area contributed by atoms with Crippen LogP contribution < -0.4 is 10.1 Å². The number of aliphatic hydroxyl groups excluding tert-OH is 1. The number of hydrogen-bond donors (Lipinski definition) is 2. The highest BCUT2D eigenvalue weighted by Gasteiger charge is 2.53. The molecule has 1 aliphatic heterocycles. The van der Waals surface area contributed by atoms with Crippen molar-refractivity contribution in [2.24, 2.45) is 0 Å². The smallest absolute Gasteiger partial charge is 0.471 e. The van der Waals surface area contributed by atoms with E-state index in [2.05, 4.69) is 0 Å². The molecular weight excluding hydrogens is 477 g/mol. The van der Waals surface area contributed by atoms with Gasteiger partial charge in [-0.05, 0) is 49.5 Å². The van der Waals surface area contributed by atoms with E-state index in [0.29, 0.717) is 11.1 Å². The average Bonchev–Trinajstić information content (AvgIpc) is 3.11. The van der Waals surface area contributed by atoms with E-state index in [-0.39, 0.29) is 21.8 Å². The topological polar surface area (TPSA) is 95.1 Å². The molecule has 1 aliphatic rings. The Labute approximate surface area is 196 Å². The van der Waals surface area contributed by atoms with E-state index in [4.69, 9.17) is 30.8 Å². The van der Waals surface area contributed by atoms with Crippen LogP contribution in [0.25, 0.3) is 11.1 Å². The first-order valence-corrected chi connectivity index (χ1v) is 10.5. The van der Waals surface area contributed by atoms with Gasteiger partial charge in [0.1, 0.15) is 11.9 Å². The molecule has 0 saturated carbocycles. The van der Waals surface area contributed by atoms with E-state index >= 15 is 0 Å². The number of anilines is 1. The second-order valence-electron chi connectivity index (χ2n) is 7.89. The average molecular weight is 498 g/mol. The monoisotopic (exact) mass is 498 g/mol. The Bertz CT molecular complexity index is 1290. The summed E-state index contributed by atoms with van der Waals surface area (Å²) in [5.74, 6) is -1.90. The third-order valence-electron chi connectivity index (χ3n) is 5.75. The van der Waals surface area contributed by atoms with Gasteiger partial charge in [-0.25, -0.2) is 0 Å². The van der Waals surface area contributed by atoms with Gasteiger partial charge in [-0.1, -0.05) is 12.1 Å². The van der Waals surface area contributed by atoms with Crippen molar-refractivity contribution in [2.75, 3.05) is 19.5 Å². The summed E-state index contributed by atoms with van der Waals surface area (Å²) in [6.07, 6.45) is -7.46. The predicted octanol–water partition coefficient (Wildman–Crippen LogP) is 4.18. The summed E-state index contributed by atoms with van der Waals surface area (Å²) in [5, 5.41) is 13.4. The summed E-state index contributed by atoms with van der Waals surface area (Å²) in [5.41, 5.74) is -0.322. The van der Waals surface area contributed by atoms with Crippen LogP contribution >= 0.6 is 12.2 Å². The number of methoxy groups -OCH3 is 2. The van der Waals surface area contributed by atoms with E-state index in [1.165, 1.54) is 32.4 Å². The molecule has 2 N–H and O–H groups in total. The fourth-order valence-corrected chi connectivity index (χ4v) is 4.51. The number of ether oxygens (including phenoxy) is 3. The SMILES string of the molecule is COC(OC)[C@]1(C)Oc2ccc(NC(=O)C(F)(F)F)cc2[C@H](n2c(=S)oc3ccccc32)[C@H]1O. The van der Waals surface area contributed by atoms with Crippen LogP contribution in [0.3, 0.4) is 0 Å². The molecule has 1 amide bonds. The molecule has 1 aromatic heterocycles. The molecule has 0 saturated heterocycles. The third-order valence-corrected chi connectivity index (χ3v) is 6.03. The first-order valence-electron chi connectivity index (χ1n) is 10.1. The van der Waals surface area contributed by atoms with Crippen molar-refractivity contribution in [3.63, 3.8) is 0 Å². The zero-order valence-corrected chi connectivity index (χ0v) is 19.1.